The third-order valence-corrected chi connectivity index (χ3v) is 2.75. The van der Waals surface area contributed by atoms with Crippen LogP contribution in [0, 0.1) is 0 Å². The minimum atomic E-state index is -0.815. The second-order valence-corrected chi connectivity index (χ2v) is 3.91. The molecule has 1 saturated heterocycles. The van der Waals surface area contributed by atoms with Crippen LogP contribution in [0.15, 0.2) is 0 Å². The zero-order valence-electron chi connectivity index (χ0n) is 9.31. The van der Waals surface area contributed by atoms with E-state index in [9.17, 15) is 4.79 Å². The van der Waals surface area contributed by atoms with Gasteiger partial charge in [-0.15, -0.1) is 0 Å². The fraction of sp³-hybridized carbons (Fsp3) is 0.900. The molecule has 0 aromatic rings. The van der Waals surface area contributed by atoms with Crippen LogP contribution in [0.5, 0.6) is 0 Å². The number of methoxy groups -OCH3 is 1. The van der Waals surface area contributed by atoms with Crippen LogP contribution in [0.2, 0.25) is 0 Å². The van der Waals surface area contributed by atoms with Gasteiger partial charge in [-0.3, -0.25) is 9.69 Å². The number of ether oxygens (including phenoxy) is 2. The molecule has 1 aliphatic rings. The second kappa shape index (κ2) is 6.05. The van der Waals surface area contributed by atoms with Crippen LogP contribution in [0.3, 0.4) is 0 Å². The van der Waals surface area contributed by atoms with Crippen molar-refractivity contribution in [3.05, 3.63) is 0 Å². The number of nitrogens with zero attached hydrogens (tertiary/aromatic N) is 1. The maximum atomic E-state index is 10.2. The van der Waals surface area contributed by atoms with E-state index in [-0.39, 0.29) is 19.1 Å². The van der Waals surface area contributed by atoms with Crippen LogP contribution in [-0.4, -0.2) is 62.0 Å². The van der Waals surface area contributed by atoms with Gasteiger partial charge >= 0.3 is 5.97 Å². The van der Waals surface area contributed by atoms with Crippen LogP contribution in [0.4, 0.5) is 0 Å². The molecular weight excluding hydrogens is 198 g/mol. The first-order valence-electron chi connectivity index (χ1n) is 5.16. The van der Waals surface area contributed by atoms with Gasteiger partial charge in [-0.05, 0) is 13.5 Å². The molecule has 0 spiro atoms. The summed E-state index contributed by atoms with van der Waals surface area (Å²) in [4.78, 5) is 12.4. The normalized spacial score (nSPS) is 27.1. The lowest BCUT2D eigenvalue weighted by Crippen LogP contribution is -2.29. The van der Waals surface area contributed by atoms with E-state index in [0.717, 1.165) is 13.0 Å². The summed E-state index contributed by atoms with van der Waals surface area (Å²) in [6.45, 7) is 1.80. The van der Waals surface area contributed by atoms with E-state index >= 15 is 0 Å². The molecule has 2 atom stereocenters. The van der Waals surface area contributed by atoms with E-state index in [1.165, 1.54) is 0 Å². The van der Waals surface area contributed by atoms with Crippen molar-refractivity contribution in [3.8, 4) is 0 Å². The Kier molecular flexibility index (Phi) is 5.01. The van der Waals surface area contributed by atoms with Gasteiger partial charge in [0, 0.05) is 19.7 Å². The van der Waals surface area contributed by atoms with Crippen molar-refractivity contribution in [1.82, 2.24) is 4.90 Å². The Bertz CT molecular complexity index is 210. The maximum Gasteiger partial charge on any atom is 0.305 e. The van der Waals surface area contributed by atoms with Gasteiger partial charge in [0.15, 0.2) is 0 Å². The minimum absolute atomic E-state index is 0.0736. The number of aliphatic carboxylic acids is 1. The molecule has 0 unspecified atom stereocenters. The Morgan fingerprint density at radius 3 is 2.87 bits per heavy atom. The van der Waals surface area contributed by atoms with Gasteiger partial charge in [0.05, 0.1) is 25.7 Å². The van der Waals surface area contributed by atoms with Crippen LogP contribution in [-0.2, 0) is 14.3 Å². The van der Waals surface area contributed by atoms with Crippen molar-refractivity contribution in [2.45, 2.75) is 25.0 Å². The van der Waals surface area contributed by atoms with Gasteiger partial charge in [-0.2, -0.15) is 0 Å². The molecule has 1 fully saturated rings. The van der Waals surface area contributed by atoms with E-state index in [4.69, 9.17) is 14.6 Å². The first kappa shape index (κ1) is 12.4. The molecule has 1 heterocycles. The summed E-state index contributed by atoms with van der Waals surface area (Å²) in [6.07, 6.45) is 1.31. The number of carboxylic acids is 1. The van der Waals surface area contributed by atoms with Crippen LogP contribution >= 0.6 is 0 Å². The fourth-order valence-electron chi connectivity index (χ4n) is 1.77. The van der Waals surface area contributed by atoms with Gasteiger partial charge in [0.1, 0.15) is 0 Å². The molecule has 1 aliphatic heterocycles. The minimum Gasteiger partial charge on any atom is -0.481 e. The summed E-state index contributed by atoms with van der Waals surface area (Å²) >= 11 is 0. The monoisotopic (exact) mass is 217 g/mol. The lowest BCUT2D eigenvalue weighted by Gasteiger charge is -2.18. The third kappa shape index (κ3) is 4.15. The molecule has 5 heteroatoms. The highest BCUT2D eigenvalue weighted by Gasteiger charge is 2.29. The predicted molar refractivity (Wildman–Crippen MR) is 54.9 cm³/mol. The number of rotatable bonds is 6. The molecule has 1 rings (SSSR count). The SMILES string of the molecule is CO[C@H]1C[C@@H](COCCC(=O)O)N(C)C1. The Labute approximate surface area is 90.0 Å². The summed E-state index contributed by atoms with van der Waals surface area (Å²) in [5.41, 5.74) is 0. The summed E-state index contributed by atoms with van der Waals surface area (Å²) in [6, 6.07) is 0.351. The van der Waals surface area contributed by atoms with Gasteiger partial charge in [0.2, 0.25) is 0 Å². The van der Waals surface area contributed by atoms with Gasteiger partial charge in [0.25, 0.3) is 0 Å². The van der Waals surface area contributed by atoms with E-state index in [0.29, 0.717) is 12.6 Å². The first-order valence-corrected chi connectivity index (χ1v) is 5.16. The Balaban J connectivity index is 2.13. The van der Waals surface area contributed by atoms with E-state index in [1.54, 1.807) is 7.11 Å². The fourth-order valence-corrected chi connectivity index (χ4v) is 1.77. The average Bonchev–Trinajstić information content (AvgIpc) is 2.54. The summed E-state index contributed by atoms with van der Waals surface area (Å²) in [5, 5.41) is 8.43. The molecule has 0 amide bonds. The summed E-state index contributed by atoms with van der Waals surface area (Å²) in [7, 11) is 3.75. The predicted octanol–water partition coefficient (Wildman–Crippen LogP) is 0.197. The highest BCUT2D eigenvalue weighted by Crippen LogP contribution is 2.17. The number of hydrogen-bond acceptors (Lipinski definition) is 4. The third-order valence-electron chi connectivity index (χ3n) is 2.75. The molecule has 1 N–H and O–H groups in total. The molecular formula is C10H19NO4. The van der Waals surface area contributed by atoms with Crippen molar-refractivity contribution in [3.63, 3.8) is 0 Å². The number of carbonyl (C=O) groups is 1. The molecule has 0 bridgehead atoms. The standard InChI is InChI=1S/C10H19NO4/c1-11-6-9(14-2)5-8(11)7-15-4-3-10(12)13/h8-9H,3-7H2,1-2H3,(H,12,13)/t8-,9-/m0/s1. The Morgan fingerprint density at radius 1 is 1.60 bits per heavy atom. The van der Waals surface area contributed by atoms with Crippen LogP contribution in [0.25, 0.3) is 0 Å². The molecule has 15 heavy (non-hydrogen) atoms. The van der Waals surface area contributed by atoms with Crippen molar-refractivity contribution in [2.75, 3.05) is 33.9 Å². The molecule has 0 radical (unpaired) electrons. The number of carboxylic acid groups (broad SMARTS) is 1. The first-order chi connectivity index (χ1) is 7.13. The highest BCUT2D eigenvalue weighted by atomic mass is 16.5. The van der Waals surface area contributed by atoms with Crippen LogP contribution in [0.1, 0.15) is 12.8 Å². The summed E-state index contributed by atoms with van der Waals surface area (Å²) < 4.78 is 10.6. The molecule has 0 aliphatic carbocycles. The van der Waals surface area contributed by atoms with Gasteiger partial charge in [-0.25, -0.2) is 0 Å². The Morgan fingerprint density at radius 2 is 2.33 bits per heavy atom. The molecule has 0 aromatic heterocycles. The van der Waals surface area contributed by atoms with E-state index in [2.05, 4.69) is 4.90 Å². The molecule has 0 aromatic carbocycles. The van der Waals surface area contributed by atoms with E-state index < -0.39 is 5.97 Å². The zero-order chi connectivity index (χ0) is 11.3. The number of likely N-dealkylation sites (N-methyl/N-ethyl adjacent to an activating group) is 1. The summed E-state index contributed by atoms with van der Waals surface area (Å²) in [5.74, 6) is -0.815. The lowest BCUT2D eigenvalue weighted by molar-refractivity contribution is -0.138. The van der Waals surface area contributed by atoms with Crippen molar-refractivity contribution >= 4 is 5.97 Å². The van der Waals surface area contributed by atoms with Crippen molar-refractivity contribution in [1.29, 1.82) is 0 Å². The smallest absolute Gasteiger partial charge is 0.305 e. The van der Waals surface area contributed by atoms with Crippen LogP contribution < -0.4 is 0 Å². The molecule has 0 saturated carbocycles. The maximum absolute atomic E-state index is 10.2. The highest BCUT2D eigenvalue weighted by molar-refractivity contribution is 5.66. The van der Waals surface area contributed by atoms with E-state index in [1.807, 2.05) is 7.05 Å². The zero-order valence-corrected chi connectivity index (χ0v) is 9.31. The Hall–Kier alpha value is -0.650. The average molecular weight is 217 g/mol. The molecule has 5 nitrogen and oxygen atoms in total. The second-order valence-electron chi connectivity index (χ2n) is 3.91. The quantitative estimate of drug-likeness (QED) is 0.644. The van der Waals surface area contributed by atoms with Crippen molar-refractivity contribution in [2.24, 2.45) is 0 Å². The van der Waals surface area contributed by atoms with Crippen molar-refractivity contribution < 1.29 is 19.4 Å². The van der Waals surface area contributed by atoms with Gasteiger partial charge < -0.3 is 14.6 Å². The number of likely N-dealkylation sites (tertiary alicyclic amines) is 1. The van der Waals surface area contributed by atoms with Gasteiger partial charge in [-0.1, -0.05) is 0 Å². The largest absolute Gasteiger partial charge is 0.481 e. The lowest BCUT2D eigenvalue weighted by atomic mass is 10.2. The molecule has 88 valence electrons. The topological polar surface area (TPSA) is 59.0 Å². The number of hydrogen-bond donors (Lipinski definition) is 1.